The highest BCUT2D eigenvalue weighted by Crippen LogP contribution is 2.31. The van der Waals surface area contributed by atoms with Gasteiger partial charge >= 0.3 is 0 Å². The highest BCUT2D eigenvalue weighted by atomic mass is 79.9. The molecule has 0 spiro atoms. The summed E-state index contributed by atoms with van der Waals surface area (Å²) >= 11 is 3.28. The average Bonchev–Trinajstić information content (AvgIpc) is 3.01. The number of benzene rings is 1. The molecular weight excluding hydrogens is 375 g/mol. The lowest BCUT2D eigenvalue weighted by atomic mass is 10.1. The number of hydrogen-bond donors (Lipinski definition) is 2. The minimum atomic E-state index is -0.745. The van der Waals surface area contributed by atoms with Crippen molar-refractivity contribution in [1.82, 2.24) is 4.98 Å². The van der Waals surface area contributed by atoms with Crippen LogP contribution >= 0.6 is 15.9 Å². The molecule has 1 aliphatic rings. The molecule has 1 fully saturated rings. The molecule has 1 amide bonds. The van der Waals surface area contributed by atoms with Gasteiger partial charge in [-0.1, -0.05) is 22.0 Å². The Kier molecular flexibility index (Phi) is 4.99. The first kappa shape index (κ1) is 16.7. The van der Waals surface area contributed by atoms with Crippen LogP contribution in [-0.4, -0.2) is 30.5 Å². The summed E-state index contributed by atoms with van der Waals surface area (Å²) in [6.45, 7) is 2.26. The quantitative estimate of drug-likeness (QED) is 0.820. The Morgan fingerprint density at radius 3 is 3.00 bits per heavy atom. The van der Waals surface area contributed by atoms with Gasteiger partial charge in [0.2, 0.25) is 0 Å². The van der Waals surface area contributed by atoms with Crippen molar-refractivity contribution >= 4 is 33.3 Å². The molecule has 1 saturated heterocycles. The van der Waals surface area contributed by atoms with E-state index in [2.05, 4.69) is 26.2 Å². The van der Waals surface area contributed by atoms with E-state index in [1.165, 1.54) is 6.07 Å². The van der Waals surface area contributed by atoms with E-state index in [1.807, 2.05) is 23.1 Å². The van der Waals surface area contributed by atoms with Gasteiger partial charge in [0.25, 0.3) is 5.91 Å². The van der Waals surface area contributed by atoms with Crippen LogP contribution in [-0.2, 0) is 0 Å². The maximum atomic E-state index is 14.1. The predicted molar refractivity (Wildman–Crippen MR) is 95.7 cm³/mol. The number of amides is 1. The molecule has 0 saturated carbocycles. The molecule has 0 radical (unpaired) electrons. The molecule has 0 aliphatic carbocycles. The van der Waals surface area contributed by atoms with E-state index < -0.39 is 11.7 Å². The third-order valence-corrected chi connectivity index (χ3v) is 4.60. The summed E-state index contributed by atoms with van der Waals surface area (Å²) < 4.78 is 14.7. The van der Waals surface area contributed by atoms with Crippen molar-refractivity contribution in [3.05, 3.63) is 52.4 Å². The van der Waals surface area contributed by atoms with Crippen LogP contribution in [0.25, 0.3) is 0 Å². The molecule has 1 aromatic heterocycles. The van der Waals surface area contributed by atoms with Gasteiger partial charge in [-0.15, -0.1) is 0 Å². The van der Waals surface area contributed by atoms with Gasteiger partial charge in [0.1, 0.15) is 11.6 Å². The Bertz CT molecular complexity index is 741. The largest absolute Gasteiger partial charge is 0.370 e. The van der Waals surface area contributed by atoms with E-state index in [0.29, 0.717) is 16.1 Å². The van der Waals surface area contributed by atoms with Crippen molar-refractivity contribution in [2.45, 2.75) is 6.42 Å². The summed E-state index contributed by atoms with van der Waals surface area (Å²) in [5, 5.41) is 3.31. The zero-order valence-corrected chi connectivity index (χ0v) is 14.6. The number of primary amides is 1. The molecule has 3 rings (SSSR count). The summed E-state index contributed by atoms with van der Waals surface area (Å²) in [6, 6.07) is 8.73. The lowest BCUT2D eigenvalue weighted by Gasteiger charge is -2.22. The number of nitrogens with one attached hydrogen (secondary N) is 1. The molecule has 2 aromatic rings. The number of carbonyl (C=O) groups excluding carboxylic acids is 1. The molecule has 2 heterocycles. The number of nitrogens with zero attached hydrogens (tertiary/aromatic N) is 2. The van der Waals surface area contributed by atoms with Gasteiger partial charge in [-0.25, -0.2) is 9.37 Å². The summed E-state index contributed by atoms with van der Waals surface area (Å²) in [7, 11) is 0. The van der Waals surface area contributed by atoms with Gasteiger partial charge in [-0.05, 0) is 36.6 Å². The molecule has 1 unspecified atom stereocenters. The van der Waals surface area contributed by atoms with Crippen molar-refractivity contribution in [2.24, 2.45) is 11.7 Å². The number of aromatic nitrogens is 1. The normalized spacial score (nSPS) is 17.1. The zero-order chi connectivity index (χ0) is 17.1. The Labute approximate surface area is 148 Å². The number of pyridine rings is 1. The standard InChI is InChI=1S/C17H18BrFN4O/c18-12-7-13(19)16(17(20)24)14(8-12)23-6-4-11(10-23)9-22-15-3-1-2-5-21-15/h1-3,5,7-8,11H,4,6,9-10H2,(H2,20,24)(H,21,22). The van der Waals surface area contributed by atoms with E-state index in [0.717, 1.165) is 31.9 Å². The minimum absolute atomic E-state index is 0.0449. The fourth-order valence-electron chi connectivity index (χ4n) is 2.99. The van der Waals surface area contributed by atoms with E-state index >= 15 is 0 Å². The smallest absolute Gasteiger partial charge is 0.253 e. The molecule has 1 aliphatic heterocycles. The number of carbonyl (C=O) groups is 1. The topological polar surface area (TPSA) is 71.2 Å². The Balaban J connectivity index is 1.70. The van der Waals surface area contributed by atoms with Crippen LogP contribution in [0, 0.1) is 11.7 Å². The van der Waals surface area contributed by atoms with Crippen LogP contribution in [0.2, 0.25) is 0 Å². The minimum Gasteiger partial charge on any atom is -0.370 e. The van der Waals surface area contributed by atoms with E-state index in [4.69, 9.17) is 5.73 Å². The summed E-state index contributed by atoms with van der Waals surface area (Å²) in [5.41, 5.74) is 5.87. The predicted octanol–water partition coefficient (Wildman–Crippen LogP) is 3.02. The van der Waals surface area contributed by atoms with Crippen LogP contribution in [0.1, 0.15) is 16.8 Å². The van der Waals surface area contributed by atoms with Crippen LogP contribution in [0.15, 0.2) is 41.0 Å². The van der Waals surface area contributed by atoms with Gasteiger partial charge in [0.15, 0.2) is 0 Å². The number of halogens is 2. The molecular formula is C17H18BrFN4O. The highest BCUT2D eigenvalue weighted by molar-refractivity contribution is 9.10. The molecule has 24 heavy (non-hydrogen) atoms. The number of hydrogen-bond acceptors (Lipinski definition) is 4. The van der Waals surface area contributed by atoms with E-state index in [1.54, 1.807) is 12.3 Å². The van der Waals surface area contributed by atoms with Gasteiger partial charge in [-0.3, -0.25) is 4.79 Å². The van der Waals surface area contributed by atoms with Crippen molar-refractivity contribution in [3.8, 4) is 0 Å². The maximum Gasteiger partial charge on any atom is 0.253 e. The van der Waals surface area contributed by atoms with E-state index in [-0.39, 0.29) is 5.56 Å². The van der Waals surface area contributed by atoms with Gasteiger partial charge < -0.3 is 16.0 Å². The van der Waals surface area contributed by atoms with Crippen molar-refractivity contribution < 1.29 is 9.18 Å². The second-order valence-electron chi connectivity index (χ2n) is 5.84. The van der Waals surface area contributed by atoms with Crippen LogP contribution in [0.5, 0.6) is 0 Å². The third kappa shape index (κ3) is 3.67. The van der Waals surface area contributed by atoms with Crippen LogP contribution < -0.4 is 16.0 Å². The molecule has 3 N–H and O–H groups in total. The second kappa shape index (κ2) is 7.17. The highest BCUT2D eigenvalue weighted by Gasteiger charge is 2.27. The monoisotopic (exact) mass is 392 g/mol. The first-order valence-corrected chi connectivity index (χ1v) is 8.52. The Morgan fingerprint density at radius 1 is 1.46 bits per heavy atom. The number of nitrogens with two attached hydrogens (primary N) is 1. The van der Waals surface area contributed by atoms with Gasteiger partial charge in [0, 0.05) is 30.3 Å². The SMILES string of the molecule is NC(=O)c1c(F)cc(Br)cc1N1CCC(CNc2ccccn2)C1. The number of anilines is 2. The van der Waals surface area contributed by atoms with Crippen LogP contribution in [0.4, 0.5) is 15.9 Å². The molecule has 5 nitrogen and oxygen atoms in total. The maximum absolute atomic E-state index is 14.1. The summed E-state index contributed by atoms with van der Waals surface area (Å²) in [4.78, 5) is 17.9. The fourth-order valence-corrected chi connectivity index (χ4v) is 3.41. The lowest BCUT2D eigenvalue weighted by molar-refractivity contribution is 0.0997. The van der Waals surface area contributed by atoms with Crippen molar-refractivity contribution in [1.29, 1.82) is 0 Å². The molecule has 0 bridgehead atoms. The molecule has 7 heteroatoms. The fraction of sp³-hybridized carbons (Fsp3) is 0.294. The zero-order valence-electron chi connectivity index (χ0n) is 13.0. The van der Waals surface area contributed by atoms with Crippen LogP contribution in [0.3, 0.4) is 0 Å². The molecule has 1 aromatic carbocycles. The molecule has 126 valence electrons. The van der Waals surface area contributed by atoms with Gasteiger partial charge in [0.05, 0.1) is 11.3 Å². The summed E-state index contributed by atoms with van der Waals surface area (Å²) in [6.07, 6.45) is 2.69. The Morgan fingerprint density at radius 2 is 2.29 bits per heavy atom. The second-order valence-corrected chi connectivity index (χ2v) is 6.76. The van der Waals surface area contributed by atoms with Crippen molar-refractivity contribution in [2.75, 3.05) is 29.9 Å². The van der Waals surface area contributed by atoms with Crippen molar-refractivity contribution in [3.63, 3.8) is 0 Å². The first-order chi connectivity index (χ1) is 11.5. The Hall–Kier alpha value is -2.15. The van der Waals surface area contributed by atoms with E-state index in [9.17, 15) is 9.18 Å². The molecule has 1 atom stereocenters. The summed E-state index contributed by atoms with van der Waals surface area (Å²) in [5.74, 6) is -0.121. The lowest BCUT2D eigenvalue weighted by Crippen LogP contribution is -2.26. The third-order valence-electron chi connectivity index (χ3n) is 4.14. The van der Waals surface area contributed by atoms with Gasteiger partial charge in [-0.2, -0.15) is 0 Å². The first-order valence-electron chi connectivity index (χ1n) is 7.73. The average molecular weight is 393 g/mol. The number of rotatable bonds is 5.